The van der Waals surface area contributed by atoms with Crippen LogP contribution in [-0.2, 0) is 9.71 Å². The first-order valence-corrected chi connectivity index (χ1v) is 7.20. The van der Waals surface area contributed by atoms with Crippen LogP contribution in [0.15, 0.2) is 0 Å². The molecule has 1 saturated carbocycles. The maximum absolute atomic E-state index is 12.3. The highest BCUT2D eigenvalue weighted by Gasteiger charge is 2.26. The van der Waals surface area contributed by atoms with Crippen molar-refractivity contribution in [3.05, 3.63) is 0 Å². The van der Waals surface area contributed by atoms with Crippen LogP contribution in [0.25, 0.3) is 0 Å². The zero-order chi connectivity index (χ0) is 10.8. The van der Waals surface area contributed by atoms with Crippen LogP contribution in [0, 0.1) is 0 Å². The summed E-state index contributed by atoms with van der Waals surface area (Å²) in [5, 5.41) is 0. The van der Waals surface area contributed by atoms with Crippen molar-refractivity contribution in [3.63, 3.8) is 0 Å². The largest absolute Gasteiger partial charge is 0.252 e. The molecule has 1 N–H and O–H groups in total. The molecule has 0 saturated heterocycles. The Morgan fingerprint density at radius 1 is 1.21 bits per heavy atom. The van der Waals surface area contributed by atoms with Gasteiger partial charge in [0.15, 0.2) is 0 Å². The normalized spacial score (nSPS) is 24.5. The molecule has 1 aliphatic rings. The Morgan fingerprint density at radius 3 is 2.14 bits per heavy atom. The lowest BCUT2D eigenvalue weighted by Crippen LogP contribution is -2.45. The van der Waals surface area contributed by atoms with Crippen molar-refractivity contribution in [2.24, 2.45) is 0 Å². The van der Waals surface area contributed by atoms with Crippen LogP contribution in [0.4, 0.5) is 0 Å². The Labute approximate surface area is 88.6 Å². The smallest absolute Gasteiger partial charge is 0.0428 e. The first-order valence-electron chi connectivity index (χ1n) is 5.47. The standard InChI is InChI=1S/C11H23NOS/c1-11(2,3)14(4,13)12-10-8-6-5-7-9-10/h10H,4-9H2,1-3H3,(H,12,13). The van der Waals surface area contributed by atoms with Gasteiger partial charge in [-0.25, -0.2) is 4.72 Å². The van der Waals surface area contributed by atoms with E-state index in [1.807, 2.05) is 20.8 Å². The van der Waals surface area contributed by atoms with Crippen LogP contribution in [0.2, 0.25) is 0 Å². The summed E-state index contributed by atoms with van der Waals surface area (Å²) < 4.78 is 15.3. The van der Waals surface area contributed by atoms with Gasteiger partial charge in [0.25, 0.3) is 0 Å². The summed E-state index contributed by atoms with van der Waals surface area (Å²) in [4.78, 5) is 0. The van der Waals surface area contributed by atoms with E-state index >= 15 is 0 Å². The number of hydrogen-bond donors (Lipinski definition) is 1. The minimum Gasteiger partial charge on any atom is -0.252 e. The molecule has 1 rings (SSSR count). The molecule has 2 nitrogen and oxygen atoms in total. The molecule has 84 valence electrons. The third-order valence-corrected chi connectivity index (χ3v) is 5.64. The Hall–Kier alpha value is -0.0200. The molecule has 1 atom stereocenters. The molecule has 0 bridgehead atoms. The van der Waals surface area contributed by atoms with E-state index in [-0.39, 0.29) is 4.75 Å². The lowest BCUT2D eigenvalue weighted by Gasteiger charge is -2.31. The number of rotatable bonds is 2. The SMILES string of the molecule is C=S(=O)(NC1CCCCC1)C(C)(C)C. The van der Waals surface area contributed by atoms with E-state index in [1.165, 1.54) is 19.3 Å². The number of nitrogens with one attached hydrogen (secondary N) is 1. The first-order chi connectivity index (χ1) is 6.33. The van der Waals surface area contributed by atoms with Gasteiger partial charge in [0, 0.05) is 20.5 Å². The minimum atomic E-state index is -2.15. The highest BCUT2D eigenvalue weighted by Crippen LogP contribution is 2.21. The molecule has 0 amide bonds. The van der Waals surface area contributed by atoms with E-state index < -0.39 is 9.71 Å². The third kappa shape index (κ3) is 2.99. The zero-order valence-electron chi connectivity index (χ0n) is 9.64. The molecular formula is C11H23NOS. The van der Waals surface area contributed by atoms with Crippen LogP contribution in [0.5, 0.6) is 0 Å². The van der Waals surface area contributed by atoms with Gasteiger partial charge in [0.05, 0.1) is 0 Å². The van der Waals surface area contributed by atoms with Crippen molar-refractivity contribution in [2.45, 2.75) is 63.7 Å². The van der Waals surface area contributed by atoms with Gasteiger partial charge >= 0.3 is 0 Å². The van der Waals surface area contributed by atoms with E-state index in [4.69, 9.17) is 0 Å². The molecule has 0 radical (unpaired) electrons. The monoisotopic (exact) mass is 217 g/mol. The minimum absolute atomic E-state index is 0.246. The van der Waals surface area contributed by atoms with Crippen molar-refractivity contribution in [1.82, 2.24) is 4.72 Å². The summed E-state index contributed by atoms with van der Waals surface area (Å²) in [6, 6.07) is 0.424. The van der Waals surface area contributed by atoms with Gasteiger partial charge in [-0.3, -0.25) is 4.21 Å². The van der Waals surface area contributed by atoms with Crippen LogP contribution in [0.3, 0.4) is 0 Å². The second-order valence-corrected chi connectivity index (χ2v) is 8.05. The van der Waals surface area contributed by atoms with Gasteiger partial charge in [-0.05, 0) is 39.5 Å². The molecule has 0 aromatic rings. The molecule has 14 heavy (non-hydrogen) atoms. The molecule has 1 unspecified atom stereocenters. The van der Waals surface area contributed by atoms with E-state index in [0.29, 0.717) is 6.04 Å². The molecule has 1 fully saturated rings. The van der Waals surface area contributed by atoms with Crippen molar-refractivity contribution in [3.8, 4) is 0 Å². The van der Waals surface area contributed by atoms with Crippen molar-refractivity contribution in [2.75, 3.05) is 0 Å². The fourth-order valence-electron chi connectivity index (χ4n) is 1.67. The highest BCUT2D eigenvalue weighted by atomic mass is 32.2. The summed E-state index contributed by atoms with van der Waals surface area (Å²) in [6.07, 6.45) is 6.16. The average Bonchev–Trinajstić information content (AvgIpc) is 2.03. The van der Waals surface area contributed by atoms with Crippen molar-refractivity contribution >= 4 is 15.6 Å². The van der Waals surface area contributed by atoms with Crippen LogP contribution < -0.4 is 4.72 Å². The second kappa shape index (κ2) is 4.23. The molecule has 1 aliphatic carbocycles. The van der Waals surface area contributed by atoms with E-state index in [2.05, 4.69) is 10.6 Å². The topological polar surface area (TPSA) is 29.1 Å². The fraction of sp³-hybridized carbons (Fsp3) is 0.909. The van der Waals surface area contributed by atoms with Gasteiger partial charge in [-0.15, -0.1) is 0 Å². The molecular weight excluding hydrogens is 194 g/mol. The van der Waals surface area contributed by atoms with Crippen molar-refractivity contribution < 1.29 is 4.21 Å². The summed E-state index contributed by atoms with van der Waals surface area (Å²) in [5.41, 5.74) is 0. The quantitative estimate of drug-likeness (QED) is 0.707. The molecule has 0 aromatic carbocycles. The van der Waals surface area contributed by atoms with Crippen molar-refractivity contribution in [1.29, 1.82) is 0 Å². The Kier molecular flexibility index (Phi) is 3.64. The maximum atomic E-state index is 12.3. The Balaban J connectivity index is 2.58. The van der Waals surface area contributed by atoms with E-state index in [1.54, 1.807) is 0 Å². The zero-order valence-corrected chi connectivity index (χ0v) is 10.5. The highest BCUT2D eigenvalue weighted by molar-refractivity contribution is 7.99. The van der Waals surface area contributed by atoms with Crippen LogP contribution in [-0.4, -0.2) is 20.9 Å². The molecule has 0 heterocycles. The maximum Gasteiger partial charge on any atom is 0.0428 e. The molecule has 3 heteroatoms. The van der Waals surface area contributed by atoms with Gasteiger partial charge in [-0.2, -0.15) is 0 Å². The van der Waals surface area contributed by atoms with E-state index in [0.717, 1.165) is 12.8 Å². The van der Waals surface area contributed by atoms with Gasteiger partial charge in [0.2, 0.25) is 0 Å². The Morgan fingerprint density at radius 2 is 1.71 bits per heavy atom. The van der Waals surface area contributed by atoms with Gasteiger partial charge in [0.1, 0.15) is 0 Å². The predicted octanol–water partition coefficient (Wildman–Crippen LogP) is 2.34. The fourth-order valence-corrected chi connectivity index (χ4v) is 2.79. The average molecular weight is 217 g/mol. The van der Waals surface area contributed by atoms with Crippen LogP contribution >= 0.6 is 0 Å². The lowest BCUT2D eigenvalue weighted by atomic mass is 9.96. The lowest BCUT2D eigenvalue weighted by molar-refractivity contribution is 0.416. The van der Waals surface area contributed by atoms with E-state index in [9.17, 15) is 4.21 Å². The second-order valence-electron chi connectivity index (χ2n) is 5.24. The van der Waals surface area contributed by atoms with Gasteiger partial charge < -0.3 is 0 Å². The third-order valence-electron chi connectivity index (χ3n) is 2.95. The summed E-state index contributed by atoms with van der Waals surface area (Å²) in [7, 11) is -2.15. The van der Waals surface area contributed by atoms with Crippen LogP contribution in [0.1, 0.15) is 52.9 Å². The number of hydrogen-bond acceptors (Lipinski definition) is 1. The molecule has 0 aliphatic heterocycles. The molecule has 0 spiro atoms. The first kappa shape index (κ1) is 12.1. The summed E-state index contributed by atoms with van der Waals surface area (Å²) in [5.74, 6) is 3.85. The molecule has 0 aromatic heterocycles. The summed E-state index contributed by atoms with van der Waals surface area (Å²) >= 11 is 0. The summed E-state index contributed by atoms with van der Waals surface area (Å²) in [6.45, 7) is 5.95. The Bertz CT molecular complexity index is 268. The predicted molar refractivity (Wildman–Crippen MR) is 65.0 cm³/mol. The van der Waals surface area contributed by atoms with Gasteiger partial charge in [-0.1, -0.05) is 19.3 Å².